The summed E-state index contributed by atoms with van der Waals surface area (Å²) in [6, 6.07) is 6.34. The molecule has 1 amide bonds. The van der Waals surface area contributed by atoms with Gasteiger partial charge in [-0.3, -0.25) is 4.79 Å². The summed E-state index contributed by atoms with van der Waals surface area (Å²) in [5.41, 5.74) is 0. The molecule has 0 unspecified atom stereocenters. The first kappa shape index (κ1) is 14.9. The zero-order valence-electron chi connectivity index (χ0n) is 11.6. The number of carbonyl (C=O) groups excluding carboxylic acids is 1. The number of aliphatic hydroxyl groups is 1. The average Bonchev–Trinajstić information content (AvgIpc) is 2.81. The van der Waals surface area contributed by atoms with Gasteiger partial charge in [-0.25, -0.2) is 4.39 Å². The molecule has 0 radical (unpaired) electrons. The van der Waals surface area contributed by atoms with Crippen LogP contribution in [0.25, 0.3) is 10.1 Å². The van der Waals surface area contributed by atoms with Crippen molar-refractivity contribution in [3.63, 3.8) is 0 Å². The Bertz CT molecular complexity index is 609. The van der Waals surface area contributed by atoms with Crippen LogP contribution in [0.3, 0.4) is 0 Å². The highest BCUT2D eigenvalue weighted by Gasteiger charge is 2.20. The molecule has 0 aliphatic rings. The molecule has 0 spiro atoms. The second-order valence-electron chi connectivity index (χ2n) is 4.96. The summed E-state index contributed by atoms with van der Waals surface area (Å²) in [5.74, 6) is -0.356. The molecule has 1 heterocycles. The Kier molecular flexibility index (Phi) is 4.73. The van der Waals surface area contributed by atoms with Gasteiger partial charge in [-0.2, -0.15) is 0 Å². The van der Waals surface area contributed by atoms with E-state index < -0.39 is 0 Å². The normalized spacial score (nSPS) is 11.2. The Morgan fingerprint density at radius 3 is 2.80 bits per heavy atom. The molecule has 1 aromatic heterocycles. The van der Waals surface area contributed by atoms with Crippen molar-refractivity contribution in [2.24, 2.45) is 0 Å². The zero-order valence-corrected chi connectivity index (χ0v) is 12.4. The SMILES string of the molecule is CC(C)N(CCCO)C(=O)c1cc2cc(F)ccc2s1. The van der Waals surface area contributed by atoms with Crippen LogP contribution in [-0.2, 0) is 0 Å². The third kappa shape index (κ3) is 3.16. The van der Waals surface area contributed by atoms with Gasteiger partial charge in [0.25, 0.3) is 5.91 Å². The number of fused-ring (bicyclic) bond motifs is 1. The van der Waals surface area contributed by atoms with Crippen LogP contribution in [-0.4, -0.2) is 35.1 Å². The van der Waals surface area contributed by atoms with E-state index in [1.54, 1.807) is 17.0 Å². The minimum atomic E-state index is -0.296. The van der Waals surface area contributed by atoms with Crippen molar-refractivity contribution in [2.75, 3.05) is 13.2 Å². The Morgan fingerprint density at radius 1 is 1.40 bits per heavy atom. The van der Waals surface area contributed by atoms with Crippen molar-refractivity contribution in [3.8, 4) is 0 Å². The number of nitrogens with zero attached hydrogens (tertiary/aromatic N) is 1. The van der Waals surface area contributed by atoms with Gasteiger partial charge < -0.3 is 10.0 Å². The van der Waals surface area contributed by atoms with Crippen molar-refractivity contribution in [1.82, 2.24) is 4.90 Å². The van der Waals surface area contributed by atoms with Crippen molar-refractivity contribution in [1.29, 1.82) is 0 Å². The van der Waals surface area contributed by atoms with E-state index in [0.29, 0.717) is 17.8 Å². The number of aliphatic hydroxyl groups excluding tert-OH is 1. The summed E-state index contributed by atoms with van der Waals surface area (Å²) in [5, 5.41) is 9.67. The lowest BCUT2D eigenvalue weighted by Gasteiger charge is -2.25. The van der Waals surface area contributed by atoms with Crippen LogP contribution in [0.1, 0.15) is 29.9 Å². The van der Waals surface area contributed by atoms with E-state index in [-0.39, 0.29) is 24.4 Å². The average molecular weight is 295 g/mol. The zero-order chi connectivity index (χ0) is 14.7. The highest BCUT2D eigenvalue weighted by molar-refractivity contribution is 7.20. The highest BCUT2D eigenvalue weighted by Crippen LogP contribution is 2.27. The van der Waals surface area contributed by atoms with Gasteiger partial charge in [-0.15, -0.1) is 11.3 Å². The van der Waals surface area contributed by atoms with E-state index in [4.69, 9.17) is 5.11 Å². The van der Waals surface area contributed by atoms with E-state index in [1.807, 2.05) is 13.8 Å². The molecule has 3 nitrogen and oxygen atoms in total. The van der Waals surface area contributed by atoms with Crippen LogP contribution in [0.4, 0.5) is 4.39 Å². The first-order chi connectivity index (χ1) is 9.52. The maximum Gasteiger partial charge on any atom is 0.264 e. The molecule has 2 aromatic rings. The molecule has 1 N–H and O–H groups in total. The molecule has 20 heavy (non-hydrogen) atoms. The van der Waals surface area contributed by atoms with Gasteiger partial charge in [0.15, 0.2) is 0 Å². The quantitative estimate of drug-likeness (QED) is 0.919. The molecule has 0 saturated carbocycles. The molecule has 1 aromatic carbocycles. The van der Waals surface area contributed by atoms with Gasteiger partial charge >= 0.3 is 0 Å². The van der Waals surface area contributed by atoms with Crippen LogP contribution in [0.2, 0.25) is 0 Å². The number of amides is 1. The van der Waals surface area contributed by atoms with Gasteiger partial charge in [0, 0.05) is 23.9 Å². The minimum Gasteiger partial charge on any atom is -0.396 e. The predicted molar refractivity (Wildman–Crippen MR) is 79.7 cm³/mol. The van der Waals surface area contributed by atoms with E-state index in [2.05, 4.69) is 0 Å². The molecular weight excluding hydrogens is 277 g/mol. The van der Waals surface area contributed by atoms with E-state index in [9.17, 15) is 9.18 Å². The van der Waals surface area contributed by atoms with Crippen LogP contribution >= 0.6 is 11.3 Å². The van der Waals surface area contributed by atoms with Crippen LogP contribution in [0, 0.1) is 5.82 Å². The lowest BCUT2D eigenvalue weighted by Crippen LogP contribution is -2.37. The van der Waals surface area contributed by atoms with E-state index in [1.165, 1.54) is 23.5 Å². The number of halogens is 1. The van der Waals surface area contributed by atoms with Gasteiger partial charge in [-0.05, 0) is 49.9 Å². The second kappa shape index (κ2) is 6.33. The molecule has 2 rings (SSSR count). The first-order valence-electron chi connectivity index (χ1n) is 6.64. The Balaban J connectivity index is 2.28. The number of hydrogen-bond donors (Lipinski definition) is 1. The Labute approximate surface area is 121 Å². The molecule has 0 atom stereocenters. The van der Waals surface area contributed by atoms with Crippen LogP contribution < -0.4 is 0 Å². The third-order valence-corrected chi connectivity index (χ3v) is 4.23. The van der Waals surface area contributed by atoms with Gasteiger partial charge in [0.05, 0.1) is 4.88 Å². The van der Waals surface area contributed by atoms with Crippen molar-refractivity contribution in [2.45, 2.75) is 26.3 Å². The highest BCUT2D eigenvalue weighted by atomic mass is 32.1. The number of carbonyl (C=O) groups is 1. The minimum absolute atomic E-state index is 0.0601. The van der Waals surface area contributed by atoms with E-state index >= 15 is 0 Å². The molecule has 0 aliphatic heterocycles. The fraction of sp³-hybridized carbons (Fsp3) is 0.400. The predicted octanol–water partition coefficient (Wildman–Crippen LogP) is 3.27. The number of benzene rings is 1. The molecule has 108 valence electrons. The Hall–Kier alpha value is -1.46. The fourth-order valence-electron chi connectivity index (χ4n) is 2.10. The molecular formula is C15H18FNO2S. The van der Waals surface area contributed by atoms with Crippen LogP contribution in [0.5, 0.6) is 0 Å². The summed E-state index contributed by atoms with van der Waals surface area (Å²) in [7, 11) is 0. The monoisotopic (exact) mass is 295 g/mol. The lowest BCUT2D eigenvalue weighted by atomic mass is 10.2. The molecule has 0 aliphatic carbocycles. The standard InChI is InChI=1S/C15H18FNO2S/c1-10(2)17(6-3-7-18)15(19)14-9-11-8-12(16)4-5-13(11)20-14/h4-5,8-10,18H,3,6-7H2,1-2H3. The maximum absolute atomic E-state index is 13.2. The number of thiophene rings is 1. The van der Waals surface area contributed by atoms with Crippen molar-refractivity contribution < 1.29 is 14.3 Å². The largest absolute Gasteiger partial charge is 0.396 e. The maximum atomic E-state index is 13.2. The lowest BCUT2D eigenvalue weighted by molar-refractivity contribution is 0.0698. The third-order valence-electron chi connectivity index (χ3n) is 3.13. The molecule has 0 saturated heterocycles. The molecule has 0 bridgehead atoms. The fourth-order valence-corrected chi connectivity index (χ4v) is 3.10. The molecule has 5 heteroatoms. The van der Waals surface area contributed by atoms with Crippen molar-refractivity contribution in [3.05, 3.63) is 35.0 Å². The van der Waals surface area contributed by atoms with Crippen LogP contribution in [0.15, 0.2) is 24.3 Å². The van der Waals surface area contributed by atoms with E-state index in [0.717, 1.165) is 10.1 Å². The topological polar surface area (TPSA) is 40.5 Å². The van der Waals surface area contributed by atoms with Crippen molar-refractivity contribution >= 4 is 27.3 Å². The summed E-state index contributed by atoms with van der Waals surface area (Å²) >= 11 is 1.37. The van der Waals surface area contributed by atoms with Gasteiger partial charge in [0.2, 0.25) is 0 Å². The summed E-state index contributed by atoms with van der Waals surface area (Å²) in [4.78, 5) is 14.8. The van der Waals surface area contributed by atoms with Gasteiger partial charge in [-0.1, -0.05) is 0 Å². The summed E-state index contributed by atoms with van der Waals surface area (Å²) in [6.07, 6.45) is 0.559. The summed E-state index contributed by atoms with van der Waals surface area (Å²) in [6.45, 7) is 4.48. The molecule has 0 fully saturated rings. The Morgan fingerprint density at radius 2 is 2.15 bits per heavy atom. The smallest absolute Gasteiger partial charge is 0.264 e. The van der Waals surface area contributed by atoms with Gasteiger partial charge in [0.1, 0.15) is 5.82 Å². The number of rotatable bonds is 5. The second-order valence-corrected chi connectivity index (χ2v) is 6.05. The number of hydrogen-bond acceptors (Lipinski definition) is 3. The summed E-state index contributed by atoms with van der Waals surface area (Å²) < 4.78 is 14.1. The first-order valence-corrected chi connectivity index (χ1v) is 7.45.